The van der Waals surface area contributed by atoms with E-state index >= 15 is 0 Å². The van der Waals surface area contributed by atoms with E-state index in [-0.39, 0.29) is 11.6 Å². The fraction of sp³-hybridized carbons (Fsp3) is 0.769. The van der Waals surface area contributed by atoms with Crippen LogP contribution in [-0.4, -0.2) is 53.2 Å². The van der Waals surface area contributed by atoms with Crippen LogP contribution in [0.4, 0.5) is 0 Å². The summed E-state index contributed by atoms with van der Waals surface area (Å²) < 4.78 is 10.9. The molecule has 1 saturated heterocycles. The number of hydrogen-bond donors (Lipinski definition) is 2. The Balaban J connectivity index is 1.78. The van der Waals surface area contributed by atoms with Crippen molar-refractivity contribution in [1.82, 2.24) is 5.16 Å². The van der Waals surface area contributed by atoms with Gasteiger partial charge in [-0.2, -0.15) is 4.74 Å². The Hall–Kier alpha value is -1.71. The van der Waals surface area contributed by atoms with Crippen LogP contribution in [0.25, 0.3) is 0 Å². The molecule has 3 atom stereocenters. The minimum Gasteiger partial charge on any atom is -0.619 e. The lowest BCUT2D eigenvalue weighted by Gasteiger charge is -2.31. The summed E-state index contributed by atoms with van der Waals surface area (Å²) in [4.78, 5) is 1.44. The maximum absolute atomic E-state index is 12.8. The fourth-order valence-corrected chi connectivity index (χ4v) is 4.13. The predicted molar refractivity (Wildman–Crippen MR) is 70.8 cm³/mol. The fourth-order valence-electron chi connectivity index (χ4n) is 4.13. The van der Waals surface area contributed by atoms with Crippen LogP contribution in [-0.2, 0) is 16.8 Å². The number of aliphatic hydroxyl groups is 1. The standard InChI is InChI=1S/C13H18N4O5/c1-8-12(15-4-6-21-7-5-15)16(19)10-3-2-9-11(13(8,10)18)14-22-17(9)20/h8,12,18H,2-7H2,1H3/p+1/t8-,12-,13+/m1/s1. The number of fused-ring (bicyclic) bond motifs is 3. The van der Waals surface area contributed by atoms with Gasteiger partial charge in [0.15, 0.2) is 0 Å². The number of nitrogens with zero attached hydrogens (tertiary/aromatic N) is 3. The van der Waals surface area contributed by atoms with Gasteiger partial charge in [0.2, 0.25) is 17.0 Å². The van der Waals surface area contributed by atoms with E-state index in [9.17, 15) is 15.5 Å². The van der Waals surface area contributed by atoms with E-state index in [4.69, 9.17) is 4.74 Å². The number of nitrogens with one attached hydrogen (secondary N) is 1. The summed E-state index contributed by atoms with van der Waals surface area (Å²) in [6.45, 7) is 4.50. The van der Waals surface area contributed by atoms with Crippen LogP contribution in [0.1, 0.15) is 24.7 Å². The molecule has 0 aromatic carbocycles. The number of hydroxylamine groups is 1. The molecule has 1 fully saturated rings. The van der Waals surface area contributed by atoms with Crippen molar-refractivity contribution in [3.63, 3.8) is 0 Å². The van der Waals surface area contributed by atoms with E-state index in [0.717, 1.165) is 22.7 Å². The number of quaternary nitrogens is 1. The van der Waals surface area contributed by atoms with Gasteiger partial charge in [-0.15, -0.1) is 0 Å². The van der Waals surface area contributed by atoms with Gasteiger partial charge in [-0.05, 0) is 11.8 Å². The summed E-state index contributed by atoms with van der Waals surface area (Å²) in [6.07, 6.45) is 0.309. The van der Waals surface area contributed by atoms with Crippen molar-refractivity contribution in [2.75, 3.05) is 26.3 Å². The SMILES string of the molecule is C[C@@H]1[C@H]([NH+]2CCOCC2)[N+]([O-])=C2CCc3c(no[n+]3[O-])[C@@]21O. The average molecular weight is 311 g/mol. The number of morpholine rings is 1. The molecule has 1 aromatic heterocycles. The Labute approximate surface area is 126 Å². The summed E-state index contributed by atoms with van der Waals surface area (Å²) in [7, 11) is 0. The first-order valence-corrected chi connectivity index (χ1v) is 7.61. The molecule has 120 valence electrons. The smallest absolute Gasteiger partial charge is 0.294 e. The monoisotopic (exact) mass is 311 g/mol. The molecule has 9 nitrogen and oxygen atoms in total. The zero-order valence-electron chi connectivity index (χ0n) is 12.3. The average Bonchev–Trinajstić information content (AvgIpc) is 2.99. The summed E-state index contributed by atoms with van der Waals surface area (Å²) in [5, 5.41) is 39.4. The topological polar surface area (TPSA) is 113 Å². The van der Waals surface area contributed by atoms with Crippen LogP contribution < -0.4 is 9.80 Å². The van der Waals surface area contributed by atoms with Crippen molar-refractivity contribution in [2.45, 2.75) is 31.5 Å². The molecule has 3 aliphatic rings. The molecule has 2 aliphatic heterocycles. The zero-order valence-corrected chi connectivity index (χ0v) is 12.3. The van der Waals surface area contributed by atoms with E-state index < -0.39 is 11.8 Å². The van der Waals surface area contributed by atoms with Crippen molar-refractivity contribution < 1.29 is 29.0 Å². The molecule has 9 heteroatoms. The van der Waals surface area contributed by atoms with Crippen LogP contribution in [0.15, 0.2) is 4.63 Å². The van der Waals surface area contributed by atoms with E-state index in [1.54, 1.807) is 0 Å². The van der Waals surface area contributed by atoms with Crippen molar-refractivity contribution in [2.24, 2.45) is 5.92 Å². The predicted octanol–water partition coefficient (Wildman–Crippen LogP) is -2.72. The van der Waals surface area contributed by atoms with Gasteiger partial charge in [-0.3, -0.25) is 9.53 Å². The molecule has 2 N–H and O–H groups in total. The normalized spacial score (nSPS) is 35.5. The van der Waals surface area contributed by atoms with Gasteiger partial charge in [-0.1, -0.05) is 0 Å². The molecule has 0 radical (unpaired) electrons. The van der Waals surface area contributed by atoms with Crippen molar-refractivity contribution in [3.8, 4) is 0 Å². The van der Waals surface area contributed by atoms with Gasteiger partial charge in [0.25, 0.3) is 11.9 Å². The Morgan fingerprint density at radius 3 is 2.77 bits per heavy atom. The molecule has 0 bridgehead atoms. The second kappa shape index (κ2) is 4.64. The Bertz CT molecular complexity index is 638. The maximum atomic E-state index is 12.8. The third-order valence-electron chi connectivity index (χ3n) is 5.30. The van der Waals surface area contributed by atoms with Crippen LogP contribution in [0.3, 0.4) is 0 Å². The molecule has 0 unspecified atom stereocenters. The first kappa shape index (κ1) is 13.9. The molecule has 0 amide bonds. The van der Waals surface area contributed by atoms with Crippen molar-refractivity contribution in [3.05, 3.63) is 21.8 Å². The molecule has 1 aliphatic carbocycles. The summed E-state index contributed by atoms with van der Waals surface area (Å²) in [5.41, 5.74) is -0.591. The Morgan fingerprint density at radius 1 is 1.32 bits per heavy atom. The maximum Gasteiger partial charge on any atom is 0.294 e. The number of hydrogen-bond acceptors (Lipinski definition) is 6. The van der Waals surface area contributed by atoms with Crippen molar-refractivity contribution in [1.29, 1.82) is 0 Å². The third kappa shape index (κ3) is 1.61. The van der Waals surface area contributed by atoms with Gasteiger partial charge in [0.1, 0.15) is 19.0 Å². The largest absolute Gasteiger partial charge is 0.619 e. The lowest BCUT2D eigenvalue weighted by atomic mass is 9.76. The molecule has 4 rings (SSSR count). The molecular formula is C13H19N4O5+. The number of aromatic nitrogens is 2. The highest BCUT2D eigenvalue weighted by molar-refractivity contribution is 5.92. The lowest BCUT2D eigenvalue weighted by molar-refractivity contribution is -1.01. The third-order valence-corrected chi connectivity index (χ3v) is 5.30. The van der Waals surface area contributed by atoms with Crippen molar-refractivity contribution >= 4 is 5.71 Å². The highest BCUT2D eigenvalue weighted by Crippen LogP contribution is 2.42. The van der Waals surface area contributed by atoms with Crippen LogP contribution in [0, 0.1) is 16.3 Å². The molecular weight excluding hydrogens is 292 g/mol. The minimum absolute atomic E-state index is 0.201. The highest BCUT2D eigenvalue weighted by atomic mass is 16.8. The minimum atomic E-state index is -1.51. The number of rotatable bonds is 1. The number of ether oxygens (including phenoxy) is 1. The molecule has 0 spiro atoms. The van der Waals surface area contributed by atoms with E-state index in [0.29, 0.717) is 42.4 Å². The molecule has 22 heavy (non-hydrogen) atoms. The Morgan fingerprint density at radius 2 is 2.05 bits per heavy atom. The van der Waals surface area contributed by atoms with Gasteiger partial charge in [0, 0.05) is 18.0 Å². The molecule has 3 heterocycles. The lowest BCUT2D eigenvalue weighted by Crippen LogP contribution is -3.19. The van der Waals surface area contributed by atoms with E-state index in [1.165, 1.54) is 0 Å². The van der Waals surface area contributed by atoms with Gasteiger partial charge in [-0.25, -0.2) is 0 Å². The molecule has 0 saturated carbocycles. The van der Waals surface area contributed by atoms with E-state index in [1.807, 2.05) is 6.92 Å². The second-order valence-corrected chi connectivity index (χ2v) is 6.27. The van der Waals surface area contributed by atoms with Crippen LogP contribution in [0.2, 0.25) is 0 Å². The first-order chi connectivity index (χ1) is 10.5. The highest BCUT2D eigenvalue weighted by Gasteiger charge is 2.67. The van der Waals surface area contributed by atoms with E-state index in [2.05, 4.69) is 9.79 Å². The first-order valence-electron chi connectivity index (χ1n) is 7.61. The van der Waals surface area contributed by atoms with Gasteiger partial charge >= 0.3 is 0 Å². The summed E-state index contributed by atoms with van der Waals surface area (Å²) in [6, 6.07) is 0. The quantitative estimate of drug-likeness (QED) is 0.430. The molecule has 1 aromatic rings. The van der Waals surface area contributed by atoms with Crippen LogP contribution >= 0.6 is 0 Å². The second-order valence-electron chi connectivity index (χ2n) is 6.27. The van der Waals surface area contributed by atoms with Gasteiger partial charge < -0.3 is 20.3 Å². The van der Waals surface area contributed by atoms with Crippen LogP contribution in [0.5, 0.6) is 0 Å². The van der Waals surface area contributed by atoms with Gasteiger partial charge in [0.05, 0.1) is 13.2 Å². The summed E-state index contributed by atoms with van der Waals surface area (Å²) >= 11 is 0. The zero-order chi connectivity index (χ0) is 15.5. The Kier molecular flexibility index (Phi) is 2.94. The summed E-state index contributed by atoms with van der Waals surface area (Å²) in [5.74, 6) is -0.378.